The van der Waals surface area contributed by atoms with Gasteiger partial charge in [-0.3, -0.25) is 4.57 Å². The molecule has 0 aromatic rings. The number of ether oxygens (including phenoxy) is 1. The van der Waals surface area contributed by atoms with E-state index in [0.29, 0.717) is 18.8 Å². The Morgan fingerprint density at radius 1 is 1.25 bits per heavy atom. The van der Waals surface area contributed by atoms with Crippen LogP contribution in [-0.2, 0) is 23.1 Å². The minimum absolute atomic E-state index is 0.101. The van der Waals surface area contributed by atoms with Gasteiger partial charge in [-0.25, -0.2) is 4.79 Å². The van der Waals surface area contributed by atoms with Crippen LogP contribution in [-0.4, -0.2) is 32.5 Å². The first-order chi connectivity index (χ1) is 7.47. The SMILES string of the molecule is CCOP(=O)(CC(C)=CC(=O)OC)OCC. The van der Waals surface area contributed by atoms with Crippen molar-refractivity contribution in [3.63, 3.8) is 0 Å². The molecule has 0 saturated carbocycles. The van der Waals surface area contributed by atoms with Crippen LogP contribution in [0.1, 0.15) is 20.8 Å². The maximum absolute atomic E-state index is 12.1. The van der Waals surface area contributed by atoms with E-state index in [9.17, 15) is 9.36 Å². The highest BCUT2D eigenvalue weighted by atomic mass is 31.2. The third kappa shape index (κ3) is 6.05. The van der Waals surface area contributed by atoms with Gasteiger partial charge < -0.3 is 13.8 Å². The average molecular weight is 250 g/mol. The lowest BCUT2D eigenvalue weighted by Crippen LogP contribution is -2.03. The second kappa shape index (κ2) is 7.60. The lowest BCUT2D eigenvalue weighted by molar-refractivity contribution is -0.134. The van der Waals surface area contributed by atoms with E-state index in [0.717, 1.165) is 0 Å². The van der Waals surface area contributed by atoms with Gasteiger partial charge in [0, 0.05) is 6.08 Å². The van der Waals surface area contributed by atoms with Crippen molar-refractivity contribution < 1.29 is 23.1 Å². The van der Waals surface area contributed by atoms with Crippen LogP contribution in [0.25, 0.3) is 0 Å². The molecule has 16 heavy (non-hydrogen) atoms. The van der Waals surface area contributed by atoms with Gasteiger partial charge in [-0.2, -0.15) is 0 Å². The van der Waals surface area contributed by atoms with Crippen molar-refractivity contribution in [3.05, 3.63) is 11.6 Å². The lowest BCUT2D eigenvalue weighted by atomic mass is 10.3. The first-order valence-corrected chi connectivity index (χ1v) is 6.83. The van der Waals surface area contributed by atoms with E-state index < -0.39 is 13.6 Å². The summed E-state index contributed by atoms with van der Waals surface area (Å²) in [6, 6.07) is 0. The zero-order valence-electron chi connectivity index (χ0n) is 10.2. The monoisotopic (exact) mass is 250 g/mol. The minimum Gasteiger partial charge on any atom is -0.466 e. The van der Waals surface area contributed by atoms with Gasteiger partial charge in [-0.1, -0.05) is 5.57 Å². The lowest BCUT2D eigenvalue weighted by Gasteiger charge is -2.16. The third-order valence-corrected chi connectivity index (χ3v) is 3.85. The Morgan fingerprint density at radius 2 is 1.75 bits per heavy atom. The van der Waals surface area contributed by atoms with Gasteiger partial charge in [0.1, 0.15) is 0 Å². The molecule has 0 aromatic heterocycles. The summed E-state index contributed by atoms with van der Waals surface area (Å²) < 4.78 is 26.7. The maximum atomic E-state index is 12.1. The van der Waals surface area contributed by atoms with Crippen molar-refractivity contribution in [2.24, 2.45) is 0 Å². The van der Waals surface area contributed by atoms with Crippen molar-refractivity contribution in [2.75, 3.05) is 26.5 Å². The summed E-state index contributed by atoms with van der Waals surface area (Å²) in [6.45, 7) is 5.78. The van der Waals surface area contributed by atoms with E-state index >= 15 is 0 Å². The largest absolute Gasteiger partial charge is 0.466 e. The molecule has 0 heterocycles. The summed E-state index contributed by atoms with van der Waals surface area (Å²) in [6.07, 6.45) is 1.38. The molecule has 0 aliphatic rings. The van der Waals surface area contributed by atoms with Crippen LogP contribution in [0.15, 0.2) is 11.6 Å². The molecule has 6 heteroatoms. The highest BCUT2D eigenvalue weighted by Crippen LogP contribution is 2.49. The Kier molecular flexibility index (Phi) is 7.30. The molecule has 0 radical (unpaired) electrons. The first-order valence-electron chi connectivity index (χ1n) is 5.10. The van der Waals surface area contributed by atoms with Crippen LogP contribution < -0.4 is 0 Å². The highest BCUT2D eigenvalue weighted by Gasteiger charge is 2.24. The summed E-state index contributed by atoms with van der Waals surface area (Å²) in [4.78, 5) is 11.0. The average Bonchev–Trinajstić information content (AvgIpc) is 2.17. The van der Waals surface area contributed by atoms with Crippen LogP contribution in [0, 0.1) is 0 Å². The number of methoxy groups -OCH3 is 1. The number of carbonyl (C=O) groups excluding carboxylic acids is 1. The van der Waals surface area contributed by atoms with Crippen LogP contribution in [0.4, 0.5) is 0 Å². The van der Waals surface area contributed by atoms with E-state index in [4.69, 9.17) is 9.05 Å². The van der Waals surface area contributed by atoms with Crippen LogP contribution in [0.3, 0.4) is 0 Å². The van der Waals surface area contributed by atoms with Crippen LogP contribution in [0.2, 0.25) is 0 Å². The van der Waals surface area contributed by atoms with Crippen molar-refractivity contribution in [3.8, 4) is 0 Å². The normalized spacial score (nSPS) is 12.6. The van der Waals surface area contributed by atoms with E-state index in [1.54, 1.807) is 20.8 Å². The van der Waals surface area contributed by atoms with Crippen LogP contribution in [0.5, 0.6) is 0 Å². The van der Waals surface area contributed by atoms with Crippen LogP contribution >= 0.6 is 7.60 Å². The second-order valence-electron chi connectivity index (χ2n) is 3.12. The predicted octanol–water partition coefficient (Wildman–Crippen LogP) is 2.37. The van der Waals surface area contributed by atoms with Gasteiger partial charge in [0.15, 0.2) is 0 Å². The summed E-state index contributed by atoms with van der Waals surface area (Å²) in [5, 5.41) is 0. The molecule has 0 rings (SSSR count). The van der Waals surface area contributed by atoms with Gasteiger partial charge in [0.25, 0.3) is 0 Å². The van der Waals surface area contributed by atoms with Gasteiger partial charge in [0.2, 0.25) is 0 Å². The quantitative estimate of drug-likeness (QED) is 0.394. The molecule has 0 amide bonds. The fourth-order valence-corrected chi connectivity index (χ4v) is 2.88. The zero-order chi connectivity index (χ0) is 12.6. The zero-order valence-corrected chi connectivity index (χ0v) is 11.1. The number of carbonyl (C=O) groups is 1. The number of hydrogen-bond acceptors (Lipinski definition) is 5. The molecule has 0 aliphatic heterocycles. The molecule has 0 N–H and O–H groups in total. The van der Waals surface area contributed by atoms with Gasteiger partial charge in [-0.05, 0) is 20.8 Å². The molecule has 0 saturated heterocycles. The molecule has 0 spiro atoms. The fourth-order valence-electron chi connectivity index (χ4n) is 1.13. The summed E-state index contributed by atoms with van der Waals surface area (Å²) >= 11 is 0. The fraction of sp³-hybridized carbons (Fsp3) is 0.700. The van der Waals surface area contributed by atoms with E-state index in [1.165, 1.54) is 13.2 Å². The number of rotatable bonds is 7. The Hall–Kier alpha value is -0.640. The molecule has 0 unspecified atom stereocenters. The predicted molar refractivity (Wildman–Crippen MR) is 61.5 cm³/mol. The topological polar surface area (TPSA) is 61.8 Å². The van der Waals surface area contributed by atoms with Gasteiger partial charge in [0.05, 0.1) is 26.5 Å². The minimum atomic E-state index is -3.12. The van der Waals surface area contributed by atoms with Crippen molar-refractivity contribution in [2.45, 2.75) is 20.8 Å². The van der Waals surface area contributed by atoms with Crippen molar-refractivity contribution in [1.29, 1.82) is 0 Å². The van der Waals surface area contributed by atoms with Crippen molar-refractivity contribution >= 4 is 13.6 Å². The smallest absolute Gasteiger partial charge is 0.334 e. The number of esters is 1. The Labute approximate surface area is 96.3 Å². The molecule has 0 fully saturated rings. The van der Waals surface area contributed by atoms with E-state index in [2.05, 4.69) is 4.74 Å². The summed E-state index contributed by atoms with van der Waals surface area (Å²) in [7, 11) is -1.83. The summed E-state index contributed by atoms with van der Waals surface area (Å²) in [5.74, 6) is -0.475. The van der Waals surface area contributed by atoms with Gasteiger partial charge in [-0.15, -0.1) is 0 Å². The maximum Gasteiger partial charge on any atom is 0.334 e. The molecular formula is C10H19O5P. The molecule has 0 bridgehead atoms. The number of hydrogen-bond donors (Lipinski definition) is 0. The standard InChI is InChI=1S/C10H19O5P/c1-5-14-16(12,15-6-2)8-9(3)7-10(11)13-4/h7H,5-6,8H2,1-4H3. The molecule has 94 valence electrons. The number of allylic oxidation sites excluding steroid dienone is 1. The third-order valence-electron chi connectivity index (χ3n) is 1.66. The molecule has 0 aliphatic carbocycles. The molecular weight excluding hydrogens is 231 g/mol. The first kappa shape index (κ1) is 15.4. The Balaban J connectivity index is 4.57. The highest BCUT2D eigenvalue weighted by molar-refractivity contribution is 7.54. The molecule has 0 atom stereocenters. The van der Waals surface area contributed by atoms with Gasteiger partial charge >= 0.3 is 13.6 Å². The molecule has 5 nitrogen and oxygen atoms in total. The summed E-state index contributed by atoms with van der Waals surface area (Å²) in [5.41, 5.74) is 0.608. The van der Waals surface area contributed by atoms with Crippen molar-refractivity contribution in [1.82, 2.24) is 0 Å². The van der Waals surface area contributed by atoms with E-state index in [-0.39, 0.29) is 6.16 Å². The Morgan fingerprint density at radius 3 is 2.12 bits per heavy atom. The second-order valence-corrected chi connectivity index (χ2v) is 5.17. The molecule has 0 aromatic carbocycles. The van der Waals surface area contributed by atoms with E-state index in [1.807, 2.05) is 0 Å². The Bertz CT molecular complexity index is 288.